The van der Waals surface area contributed by atoms with Gasteiger partial charge >= 0.3 is 0 Å². The second kappa shape index (κ2) is 3.79. The van der Waals surface area contributed by atoms with E-state index >= 15 is 0 Å². The Balaban J connectivity index is 2.92. The van der Waals surface area contributed by atoms with Crippen molar-refractivity contribution in [3.05, 3.63) is 11.9 Å². The summed E-state index contributed by atoms with van der Waals surface area (Å²) in [5.74, 6) is 7.36. The lowest BCUT2D eigenvalue weighted by Crippen LogP contribution is -2.27. The summed E-state index contributed by atoms with van der Waals surface area (Å²) in [6, 6.07) is 1.78. The highest BCUT2D eigenvalue weighted by molar-refractivity contribution is 5.47. The molecule has 1 aromatic heterocycles. The van der Waals surface area contributed by atoms with Crippen molar-refractivity contribution < 1.29 is 0 Å². The molecule has 5 heteroatoms. The van der Waals surface area contributed by atoms with E-state index < -0.39 is 0 Å². The van der Waals surface area contributed by atoms with E-state index in [9.17, 15) is 0 Å². The van der Waals surface area contributed by atoms with Crippen LogP contribution in [0.25, 0.3) is 0 Å². The average Bonchev–Trinajstić information content (AvgIpc) is 1.99. The Hall–Kier alpha value is -1.36. The van der Waals surface area contributed by atoms with Gasteiger partial charge in [0.25, 0.3) is 0 Å². The summed E-state index contributed by atoms with van der Waals surface area (Å²) in [5, 5.41) is 3.25. The molecule has 0 bridgehead atoms. The number of hydrogen-bond acceptors (Lipinski definition) is 5. The highest BCUT2D eigenvalue weighted by atomic mass is 15.3. The van der Waals surface area contributed by atoms with E-state index in [0.717, 1.165) is 5.82 Å². The minimum Gasteiger partial charge on any atom is -0.365 e. The zero-order chi connectivity index (χ0) is 10.8. The fraction of sp³-hybridized carbons (Fsp3) is 0.556. The maximum atomic E-state index is 5.28. The van der Waals surface area contributed by atoms with Crippen LogP contribution in [0.2, 0.25) is 0 Å². The number of hydrogen-bond donors (Lipinski definition) is 3. The molecule has 1 heterocycles. The average molecular weight is 195 g/mol. The van der Waals surface area contributed by atoms with Gasteiger partial charge in [-0.2, -0.15) is 0 Å². The number of aromatic nitrogens is 2. The first kappa shape index (κ1) is 10.7. The fourth-order valence-corrected chi connectivity index (χ4v) is 1.09. The first-order chi connectivity index (χ1) is 6.40. The van der Waals surface area contributed by atoms with Crippen molar-refractivity contribution in [2.75, 3.05) is 10.7 Å². The molecule has 0 saturated heterocycles. The van der Waals surface area contributed by atoms with E-state index in [1.807, 2.05) is 6.92 Å². The van der Waals surface area contributed by atoms with Gasteiger partial charge in [0.05, 0.1) is 0 Å². The van der Waals surface area contributed by atoms with Crippen LogP contribution in [-0.2, 0) is 0 Å². The maximum Gasteiger partial charge on any atom is 0.145 e. The molecular formula is C9H17N5. The molecule has 0 aliphatic heterocycles. The lowest BCUT2D eigenvalue weighted by Gasteiger charge is -2.21. The van der Waals surface area contributed by atoms with Crippen LogP contribution >= 0.6 is 0 Å². The Kier molecular flexibility index (Phi) is 2.90. The third-order valence-corrected chi connectivity index (χ3v) is 1.49. The molecular weight excluding hydrogens is 178 g/mol. The van der Waals surface area contributed by atoms with Crippen molar-refractivity contribution >= 4 is 11.6 Å². The predicted octanol–water partition coefficient (Wildman–Crippen LogP) is 1.28. The van der Waals surface area contributed by atoms with Crippen molar-refractivity contribution in [2.24, 2.45) is 5.84 Å². The molecule has 0 atom stereocenters. The van der Waals surface area contributed by atoms with Crippen molar-refractivity contribution in [1.82, 2.24) is 9.97 Å². The predicted molar refractivity (Wildman–Crippen MR) is 58.0 cm³/mol. The molecule has 1 aromatic rings. The number of nitrogens with one attached hydrogen (secondary N) is 2. The standard InChI is InChI=1S/C9H17N5/c1-6-11-7(13-9(2,3)4)5-8(12-6)14-10/h5H,10H2,1-4H3,(H2,11,12,13,14). The van der Waals surface area contributed by atoms with Gasteiger partial charge in [0.2, 0.25) is 0 Å². The monoisotopic (exact) mass is 195 g/mol. The summed E-state index contributed by atoms with van der Waals surface area (Å²) >= 11 is 0. The minimum absolute atomic E-state index is 0.0212. The topological polar surface area (TPSA) is 75.9 Å². The zero-order valence-corrected chi connectivity index (χ0v) is 9.05. The van der Waals surface area contributed by atoms with Crippen LogP contribution < -0.4 is 16.6 Å². The minimum atomic E-state index is -0.0212. The molecule has 0 radical (unpaired) electrons. The highest BCUT2D eigenvalue weighted by Gasteiger charge is 2.11. The zero-order valence-electron chi connectivity index (χ0n) is 9.05. The number of aryl methyl sites for hydroxylation is 1. The number of nitrogens with zero attached hydrogens (tertiary/aromatic N) is 2. The van der Waals surface area contributed by atoms with Gasteiger partial charge in [-0.05, 0) is 27.7 Å². The smallest absolute Gasteiger partial charge is 0.145 e. The number of anilines is 2. The van der Waals surface area contributed by atoms with Crippen LogP contribution in [0.4, 0.5) is 11.6 Å². The number of nitrogens with two attached hydrogens (primary N) is 1. The fourth-order valence-electron chi connectivity index (χ4n) is 1.09. The second-order valence-electron chi connectivity index (χ2n) is 4.20. The van der Waals surface area contributed by atoms with Crippen molar-refractivity contribution in [3.63, 3.8) is 0 Å². The Bertz CT molecular complexity index is 315. The van der Waals surface area contributed by atoms with Gasteiger partial charge in [-0.1, -0.05) is 0 Å². The number of nitrogen functional groups attached to an aromatic ring is 1. The van der Waals surface area contributed by atoms with E-state index in [2.05, 4.69) is 41.5 Å². The Labute approximate surface area is 84.1 Å². The maximum absolute atomic E-state index is 5.28. The van der Waals surface area contributed by atoms with E-state index in [-0.39, 0.29) is 5.54 Å². The van der Waals surface area contributed by atoms with Crippen LogP contribution in [0, 0.1) is 6.92 Å². The lowest BCUT2D eigenvalue weighted by atomic mass is 10.1. The van der Waals surface area contributed by atoms with E-state index in [0.29, 0.717) is 11.6 Å². The summed E-state index contributed by atoms with van der Waals surface area (Å²) < 4.78 is 0. The Morgan fingerprint density at radius 3 is 2.29 bits per heavy atom. The molecule has 0 aromatic carbocycles. The van der Waals surface area contributed by atoms with E-state index in [1.54, 1.807) is 6.07 Å². The molecule has 14 heavy (non-hydrogen) atoms. The molecule has 0 spiro atoms. The van der Waals surface area contributed by atoms with Gasteiger partial charge in [-0.3, -0.25) is 0 Å². The summed E-state index contributed by atoms with van der Waals surface area (Å²) in [5.41, 5.74) is 2.48. The first-order valence-corrected chi connectivity index (χ1v) is 4.51. The largest absolute Gasteiger partial charge is 0.365 e. The molecule has 0 aliphatic rings. The first-order valence-electron chi connectivity index (χ1n) is 4.51. The molecule has 0 saturated carbocycles. The SMILES string of the molecule is Cc1nc(NN)cc(NC(C)(C)C)n1. The van der Waals surface area contributed by atoms with E-state index in [4.69, 9.17) is 5.84 Å². The Morgan fingerprint density at radius 2 is 1.79 bits per heavy atom. The third kappa shape index (κ3) is 3.18. The molecule has 0 fully saturated rings. The van der Waals surface area contributed by atoms with Crippen LogP contribution in [0.1, 0.15) is 26.6 Å². The molecule has 0 unspecified atom stereocenters. The normalized spacial score (nSPS) is 11.2. The molecule has 5 nitrogen and oxygen atoms in total. The van der Waals surface area contributed by atoms with Crippen LogP contribution in [0.15, 0.2) is 6.07 Å². The van der Waals surface area contributed by atoms with Crippen molar-refractivity contribution in [3.8, 4) is 0 Å². The summed E-state index contributed by atoms with van der Waals surface area (Å²) in [4.78, 5) is 8.34. The van der Waals surface area contributed by atoms with E-state index in [1.165, 1.54) is 0 Å². The van der Waals surface area contributed by atoms with Crippen LogP contribution in [0.3, 0.4) is 0 Å². The van der Waals surface area contributed by atoms with Gasteiger partial charge in [0.1, 0.15) is 17.5 Å². The van der Waals surface area contributed by atoms with Gasteiger partial charge in [-0.15, -0.1) is 0 Å². The lowest BCUT2D eigenvalue weighted by molar-refractivity contribution is 0.629. The van der Waals surface area contributed by atoms with Crippen LogP contribution in [-0.4, -0.2) is 15.5 Å². The number of rotatable bonds is 2. The third-order valence-electron chi connectivity index (χ3n) is 1.49. The van der Waals surface area contributed by atoms with Crippen molar-refractivity contribution in [1.29, 1.82) is 0 Å². The molecule has 0 aliphatic carbocycles. The highest BCUT2D eigenvalue weighted by Crippen LogP contribution is 2.14. The Morgan fingerprint density at radius 1 is 1.21 bits per heavy atom. The summed E-state index contributed by atoms with van der Waals surface area (Å²) in [6.45, 7) is 8.04. The van der Waals surface area contributed by atoms with Crippen molar-refractivity contribution in [2.45, 2.75) is 33.2 Å². The molecule has 78 valence electrons. The second-order valence-corrected chi connectivity index (χ2v) is 4.20. The quantitative estimate of drug-likeness (QED) is 0.489. The molecule has 1 rings (SSSR count). The van der Waals surface area contributed by atoms with Gasteiger partial charge < -0.3 is 10.7 Å². The van der Waals surface area contributed by atoms with Gasteiger partial charge in [0, 0.05) is 11.6 Å². The summed E-state index contributed by atoms with van der Waals surface area (Å²) in [7, 11) is 0. The molecule has 0 amide bonds. The molecule has 4 N–H and O–H groups in total. The van der Waals surface area contributed by atoms with Crippen LogP contribution in [0.5, 0.6) is 0 Å². The number of hydrazine groups is 1. The van der Waals surface area contributed by atoms with Gasteiger partial charge in [0.15, 0.2) is 0 Å². The summed E-state index contributed by atoms with van der Waals surface area (Å²) in [6.07, 6.45) is 0. The van der Waals surface area contributed by atoms with Gasteiger partial charge in [-0.25, -0.2) is 15.8 Å².